The summed E-state index contributed by atoms with van der Waals surface area (Å²) in [6.07, 6.45) is -0.987. The molecule has 0 bridgehead atoms. The molecule has 2 fully saturated rings. The Balaban J connectivity index is 1.22. The molecule has 1 unspecified atom stereocenters. The Hall–Kier alpha value is -3.09. The van der Waals surface area contributed by atoms with Crippen LogP contribution in [0.3, 0.4) is 0 Å². The van der Waals surface area contributed by atoms with Crippen LogP contribution in [0, 0.1) is 22.6 Å². The Morgan fingerprint density at radius 2 is 1.89 bits per heavy atom. The fourth-order valence-electron chi connectivity index (χ4n) is 5.94. The molecule has 3 aromatic rings. The predicted molar refractivity (Wildman–Crippen MR) is 129 cm³/mol. The molecule has 0 radical (unpaired) electrons. The van der Waals surface area contributed by atoms with Gasteiger partial charge in [-0.3, -0.25) is 9.47 Å². The van der Waals surface area contributed by atoms with E-state index >= 15 is 0 Å². The SMILES string of the molecule is CC(C#N)N1Cc2cc(Cl)ccc2-n2c(nnc2C2CC3(C2)CN(c2ccc(F)c(C(F)F)c2)C3)C1. The van der Waals surface area contributed by atoms with Gasteiger partial charge in [0.25, 0.3) is 6.43 Å². The molecule has 2 aromatic carbocycles. The Kier molecular flexibility index (Phi) is 5.50. The zero-order chi connectivity index (χ0) is 25.2. The van der Waals surface area contributed by atoms with E-state index in [0.717, 1.165) is 54.9 Å². The van der Waals surface area contributed by atoms with E-state index in [9.17, 15) is 18.4 Å². The highest BCUT2D eigenvalue weighted by Gasteiger charge is 2.54. The van der Waals surface area contributed by atoms with Crippen molar-refractivity contribution in [3.8, 4) is 11.8 Å². The van der Waals surface area contributed by atoms with Crippen molar-refractivity contribution in [3.05, 3.63) is 70.0 Å². The minimum atomic E-state index is -2.83. The number of halogens is 4. The molecule has 36 heavy (non-hydrogen) atoms. The third-order valence-electron chi connectivity index (χ3n) is 7.85. The van der Waals surface area contributed by atoms with Gasteiger partial charge in [-0.25, -0.2) is 13.2 Å². The van der Waals surface area contributed by atoms with Gasteiger partial charge < -0.3 is 4.90 Å². The van der Waals surface area contributed by atoms with Crippen molar-refractivity contribution in [1.29, 1.82) is 5.26 Å². The van der Waals surface area contributed by atoms with E-state index in [1.54, 1.807) is 6.07 Å². The highest BCUT2D eigenvalue weighted by atomic mass is 35.5. The molecule has 10 heteroatoms. The Labute approximate surface area is 211 Å². The molecule has 1 saturated carbocycles. The van der Waals surface area contributed by atoms with Crippen molar-refractivity contribution in [2.24, 2.45) is 5.41 Å². The van der Waals surface area contributed by atoms with Gasteiger partial charge in [0.1, 0.15) is 11.6 Å². The van der Waals surface area contributed by atoms with Crippen LogP contribution in [0.25, 0.3) is 5.69 Å². The first-order chi connectivity index (χ1) is 17.3. The van der Waals surface area contributed by atoms with Crippen LogP contribution < -0.4 is 4.90 Å². The summed E-state index contributed by atoms with van der Waals surface area (Å²) < 4.78 is 42.0. The minimum absolute atomic E-state index is 0.103. The van der Waals surface area contributed by atoms with Crippen molar-refractivity contribution in [2.45, 2.75) is 51.2 Å². The van der Waals surface area contributed by atoms with E-state index in [-0.39, 0.29) is 17.4 Å². The number of alkyl halides is 2. The number of benzene rings is 2. The van der Waals surface area contributed by atoms with Crippen LogP contribution in [0.15, 0.2) is 36.4 Å². The van der Waals surface area contributed by atoms with Crippen LogP contribution in [0.4, 0.5) is 18.9 Å². The van der Waals surface area contributed by atoms with Crippen LogP contribution in [0.5, 0.6) is 0 Å². The van der Waals surface area contributed by atoms with E-state index in [0.29, 0.717) is 23.8 Å². The van der Waals surface area contributed by atoms with Crippen LogP contribution in [0.1, 0.15) is 54.9 Å². The molecular weight excluding hydrogens is 489 g/mol. The monoisotopic (exact) mass is 512 g/mol. The van der Waals surface area contributed by atoms with E-state index in [4.69, 9.17) is 11.6 Å². The second kappa shape index (κ2) is 8.49. The number of anilines is 1. The number of nitrogens with zero attached hydrogens (tertiary/aromatic N) is 6. The van der Waals surface area contributed by atoms with Crippen LogP contribution >= 0.6 is 11.6 Å². The molecule has 6 rings (SSSR count). The van der Waals surface area contributed by atoms with Crippen molar-refractivity contribution >= 4 is 17.3 Å². The molecule has 1 saturated heterocycles. The topological polar surface area (TPSA) is 61.0 Å². The molecule has 0 amide bonds. The van der Waals surface area contributed by atoms with Crippen molar-refractivity contribution < 1.29 is 13.2 Å². The second-order valence-electron chi connectivity index (χ2n) is 10.3. The fraction of sp³-hybridized carbons (Fsp3) is 0.423. The normalized spacial score (nSPS) is 19.8. The highest BCUT2D eigenvalue weighted by Crippen LogP contribution is 2.57. The van der Waals surface area contributed by atoms with E-state index in [1.807, 2.05) is 30.0 Å². The lowest BCUT2D eigenvalue weighted by Gasteiger charge is -2.59. The zero-order valence-electron chi connectivity index (χ0n) is 19.6. The number of rotatable bonds is 4. The lowest BCUT2D eigenvalue weighted by molar-refractivity contribution is 0.0587. The first-order valence-corrected chi connectivity index (χ1v) is 12.3. The van der Waals surface area contributed by atoms with Gasteiger partial charge in [0.05, 0.1) is 29.9 Å². The average molecular weight is 513 g/mol. The summed E-state index contributed by atoms with van der Waals surface area (Å²) in [5.74, 6) is 1.06. The highest BCUT2D eigenvalue weighted by molar-refractivity contribution is 6.30. The van der Waals surface area contributed by atoms with E-state index in [1.165, 1.54) is 6.07 Å². The van der Waals surface area contributed by atoms with Gasteiger partial charge in [0.15, 0.2) is 5.82 Å². The Bertz CT molecular complexity index is 1370. The predicted octanol–water partition coefficient (Wildman–Crippen LogP) is 5.61. The first kappa shape index (κ1) is 23.3. The van der Waals surface area contributed by atoms with Crippen LogP contribution in [-0.2, 0) is 13.1 Å². The fourth-order valence-corrected chi connectivity index (χ4v) is 6.13. The van der Waals surface area contributed by atoms with Gasteiger partial charge in [0.2, 0.25) is 0 Å². The molecule has 1 atom stereocenters. The van der Waals surface area contributed by atoms with Gasteiger partial charge in [-0.15, -0.1) is 10.2 Å². The van der Waals surface area contributed by atoms with Crippen molar-refractivity contribution in [1.82, 2.24) is 19.7 Å². The molecule has 1 aromatic heterocycles. The lowest BCUT2D eigenvalue weighted by Crippen LogP contribution is -2.62. The average Bonchev–Trinajstić information content (AvgIpc) is 3.12. The maximum absolute atomic E-state index is 13.7. The first-order valence-electron chi connectivity index (χ1n) is 12.0. The van der Waals surface area contributed by atoms with Gasteiger partial charge in [0, 0.05) is 41.7 Å². The summed E-state index contributed by atoms with van der Waals surface area (Å²) in [4.78, 5) is 4.10. The number of hydrogen-bond donors (Lipinski definition) is 0. The lowest BCUT2D eigenvalue weighted by atomic mass is 9.57. The molecule has 3 heterocycles. The molecule has 6 nitrogen and oxygen atoms in total. The minimum Gasteiger partial charge on any atom is -0.370 e. The smallest absolute Gasteiger partial charge is 0.266 e. The summed E-state index contributed by atoms with van der Waals surface area (Å²) >= 11 is 6.31. The number of nitriles is 1. The standard InChI is InChI=1S/C26H24ClF3N6/c1-15(10-31)34-11-16-6-18(27)2-5-22(16)36-23(12-34)32-33-25(36)17-8-26(9-17)13-35(14-26)19-3-4-21(28)20(7-19)24(29)30/h2-7,15,17,24H,8-9,11-14H2,1H3. The Morgan fingerprint density at radius 1 is 1.11 bits per heavy atom. The summed E-state index contributed by atoms with van der Waals surface area (Å²) in [5, 5.41) is 19.2. The van der Waals surface area contributed by atoms with Crippen LogP contribution in [-0.4, -0.2) is 38.8 Å². The third-order valence-corrected chi connectivity index (χ3v) is 8.08. The molecule has 1 aliphatic carbocycles. The van der Waals surface area contributed by atoms with E-state index in [2.05, 4.69) is 25.7 Å². The molecule has 2 aliphatic heterocycles. The molecule has 0 N–H and O–H groups in total. The van der Waals surface area contributed by atoms with Crippen molar-refractivity contribution in [2.75, 3.05) is 18.0 Å². The number of aromatic nitrogens is 3. The molecular formula is C26H24ClF3N6. The maximum Gasteiger partial charge on any atom is 0.266 e. The van der Waals surface area contributed by atoms with E-state index < -0.39 is 17.8 Å². The summed E-state index contributed by atoms with van der Waals surface area (Å²) in [6, 6.07) is 11.8. The van der Waals surface area contributed by atoms with Crippen LogP contribution in [0.2, 0.25) is 5.02 Å². The second-order valence-corrected chi connectivity index (χ2v) is 10.7. The molecule has 3 aliphatic rings. The third kappa shape index (κ3) is 3.75. The number of hydrogen-bond acceptors (Lipinski definition) is 5. The zero-order valence-corrected chi connectivity index (χ0v) is 20.4. The summed E-state index contributed by atoms with van der Waals surface area (Å²) in [5.41, 5.74) is 2.20. The molecule has 1 spiro atoms. The van der Waals surface area contributed by atoms with Crippen molar-refractivity contribution in [3.63, 3.8) is 0 Å². The van der Waals surface area contributed by atoms with Gasteiger partial charge >= 0.3 is 0 Å². The van der Waals surface area contributed by atoms with Gasteiger partial charge in [-0.05, 0) is 61.7 Å². The largest absolute Gasteiger partial charge is 0.370 e. The molecule has 186 valence electrons. The summed E-state index contributed by atoms with van der Waals surface area (Å²) in [6.45, 7) is 4.48. The Morgan fingerprint density at radius 3 is 2.61 bits per heavy atom. The maximum atomic E-state index is 13.7. The quantitative estimate of drug-likeness (QED) is 0.455. The number of fused-ring (bicyclic) bond motifs is 3. The summed E-state index contributed by atoms with van der Waals surface area (Å²) in [7, 11) is 0. The van der Waals surface area contributed by atoms with Gasteiger partial charge in [-0.2, -0.15) is 5.26 Å². The van der Waals surface area contributed by atoms with Gasteiger partial charge in [-0.1, -0.05) is 11.6 Å².